The molecule has 0 atom stereocenters. The van der Waals surface area contributed by atoms with E-state index in [1.165, 1.54) is 5.56 Å². The zero-order valence-corrected chi connectivity index (χ0v) is 11.2. The standard InChI is InChI=1S/C15H19NO3/c1-9(2)5-10-3-4-11-7-12(8-17)14(13(11)6-10)16-15(18)19/h3-4,6,9,16-17H,5,7-8H2,1-2H3,(H,18,19). The summed E-state index contributed by atoms with van der Waals surface area (Å²) in [7, 11) is 0. The van der Waals surface area contributed by atoms with Gasteiger partial charge in [-0.2, -0.15) is 0 Å². The van der Waals surface area contributed by atoms with Crippen molar-refractivity contribution in [2.45, 2.75) is 26.7 Å². The summed E-state index contributed by atoms with van der Waals surface area (Å²) in [6, 6.07) is 6.14. The lowest BCUT2D eigenvalue weighted by Gasteiger charge is -2.10. The van der Waals surface area contributed by atoms with Gasteiger partial charge in [0.05, 0.1) is 12.3 Å². The zero-order chi connectivity index (χ0) is 14.0. The van der Waals surface area contributed by atoms with Gasteiger partial charge < -0.3 is 10.2 Å². The molecule has 19 heavy (non-hydrogen) atoms. The van der Waals surface area contributed by atoms with E-state index in [0.29, 0.717) is 18.0 Å². The van der Waals surface area contributed by atoms with Crippen molar-refractivity contribution in [3.63, 3.8) is 0 Å². The van der Waals surface area contributed by atoms with Crippen LogP contribution in [0, 0.1) is 5.92 Å². The highest BCUT2D eigenvalue weighted by molar-refractivity contribution is 5.85. The SMILES string of the molecule is CC(C)Cc1ccc2c(c1)C(NC(=O)O)=C(CO)C2. The Morgan fingerprint density at radius 3 is 2.74 bits per heavy atom. The minimum Gasteiger partial charge on any atom is -0.465 e. The third-order valence-electron chi connectivity index (χ3n) is 3.27. The molecule has 4 heteroatoms. The maximum Gasteiger partial charge on any atom is 0.409 e. The molecule has 1 amide bonds. The Balaban J connectivity index is 2.37. The van der Waals surface area contributed by atoms with Crippen LogP contribution in [-0.2, 0) is 12.8 Å². The second-order valence-electron chi connectivity index (χ2n) is 5.33. The van der Waals surface area contributed by atoms with E-state index >= 15 is 0 Å². The topological polar surface area (TPSA) is 69.6 Å². The monoisotopic (exact) mass is 261 g/mol. The molecular formula is C15H19NO3. The fraction of sp³-hybridized carbons (Fsp3) is 0.400. The minimum absolute atomic E-state index is 0.121. The van der Waals surface area contributed by atoms with E-state index in [9.17, 15) is 9.90 Å². The number of amides is 1. The van der Waals surface area contributed by atoms with Crippen molar-refractivity contribution < 1.29 is 15.0 Å². The summed E-state index contributed by atoms with van der Waals surface area (Å²) in [6.07, 6.45) is 0.481. The van der Waals surface area contributed by atoms with Crippen LogP contribution in [0.3, 0.4) is 0 Å². The van der Waals surface area contributed by atoms with Gasteiger partial charge in [0.25, 0.3) is 0 Å². The number of rotatable bonds is 4. The van der Waals surface area contributed by atoms with E-state index < -0.39 is 6.09 Å². The molecule has 0 spiro atoms. The molecule has 2 rings (SSSR count). The molecule has 0 bridgehead atoms. The number of nitrogens with one attached hydrogen (secondary N) is 1. The summed E-state index contributed by atoms with van der Waals surface area (Å²) in [6.45, 7) is 4.18. The van der Waals surface area contributed by atoms with Crippen molar-refractivity contribution in [1.82, 2.24) is 5.32 Å². The highest BCUT2D eigenvalue weighted by Gasteiger charge is 2.22. The Bertz CT molecular complexity index is 532. The van der Waals surface area contributed by atoms with Gasteiger partial charge in [0.2, 0.25) is 0 Å². The van der Waals surface area contributed by atoms with Crippen molar-refractivity contribution >= 4 is 11.8 Å². The molecule has 1 aromatic rings. The van der Waals surface area contributed by atoms with Gasteiger partial charge >= 0.3 is 6.09 Å². The number of fused-ring (bicyclic) bond motifs is 1. The second-order valence-corrected chi connectivity index (χ2v) is 5.33. The van der Waals surface area contributed by atoms with Gasteiger partial charge in [-0.1, -0.05) is 26.0 Å². The van der Waals surface area contributed by atoms with Crippen LogP contribution in [0.4, 0.5) is 4.79 Å². The lowest BCUT2D eigenvalue weighted by molar-refractivity contribution is 0.199. The first-order valence-electron chi connectivity index (χ1n) is 6.46. The fourth-order valence-electron chi connectivity index (χ4n) is 2.52. The number of hydrogen-bond acceptors (Lipinski definition) is 2. The number of carboxylic acid groups (broad SMARTS) is 1. The zero-order valence-electron chi connectivity index (χ0n) is 11.2. The van der Waals surface area contributed by atoms with Crippen molar-refractivity contribution in [1.29, 1.82) is 0 Å². The summed E-state index contributed by atoms with van der Waals surface area (Å²) in [4.78, 5) is 10.9. The molecule has 0 radical (unpaired) electrons. The summed E-state index contributed by atoms with van der Waals surface area (Å²) in [5.41, 5.74) is 4.46. The predicted molar refractivity (Wildman–Crippen MR) is 73.9 cm³/mol. The summed E-state index contributed by atoms with van der Waals surface area (Å²) in [5, 5.41) is 20.7. The predicted octanol–water partition coefficient (Wildman–Crippen LogP) is 2.41. The molecule has 0 saturated carbocycles. The van der Waals surface area contributed by atoms with Crippen LogP contribution in [0.1, 0.15) is 30.5 Å². The Morgan fingerprint density at radius 2 is 2.16 bits per heavy atom. The normalized spacial score (nSPS) is 13.9. The number of aliphatic hydroxyl groups is 1. The lowest BCUT2D eigenvalue weighted by Crippen LogP contribution is -2.20. The van der Waals surface area contributed by atoms with E-state index in [-0.39, 0.29) is 6.61 Å². The molecule has 0 saturated heterocycles. The number of carbonyl (C=O) groups is 1. The molecule has 3 N–H and O–H groups in total. The molecule has 102 valence electrons. The van der Waals surface area contributed by atoms with E-state index in [2.05, 4.69) is 25.2 Å². The second kappa shape index (κ2) is 5.45. The van der Waals surface area contributed by atoms with Crippen LogP contribution < -0.4 is 5.32 Å². The highest BCUT2D eigenvalue weighted by atomic mass is 16.4. The van der Waals surface area contributed by atoms with Crippen LogP contribution >= 0.6 is 0 Å². The average molecular weight is 261 g/mol. The molecule has 1 aliphatic carbocycles. The van der Waals surface area contributed by atoms with Crippen molar-refractivity contribution in [3.05, 3.63) is 40.5 Å². The van der Waals surface area contributed by atoms with E-state index in [1.807, 2.05) is 12.1 Å². The van der Waals surface area contributed by atoms with Gasteiger partial charge in [-0.25, -0.2) is 4.79 Å². The lowest BCUT2D eigenvalue weighted by atomic mass is 9.98. The van der Waals surface area contributed by atoms with Crippen LogP contribution in [0.5, 0.6) is 0 Å². The maximum atomic E-state index is 10.9. The van der Waals surface area contributed by atoms with Gasteiger partial charge in [0.1, 0.15) is 0 Å². The largest absolute Gasteiger partial charge is 0.465 e. The molecule has 4 nitrogen and oxygen atoms in total. The van der Waals surface area contributed by atoms with Crippen LogP contribution in [0.15, 0.2) is 23.8 Å². The first-order valence-corrected chi connectivity index (χ1v) is 6.46. The van der Waals surface area contributed by atoms with E-state index in [4.69, 9.17) is 5.11 Å². The maximum absolute atomic E-state index is 10.9. The average Bonchev–Trinajstić information content (AvgIpc) is 2.66. The molecule has 0 aliphatic heterocycles. The first-order chi connectivity index (χ1) is 9.01. The van der Waals surface area contributed by atoms with Crippen molar-refractivity contribution in [3.8, 4) is 0 Å². The smallest absolute Gasteiger partial charge is 0.409 e. The molecule has 0 heterocycles. The van der Waals surface area contributed by atoms with Gasteiger partial charge in [0, 0.05) is 5.56 Å². The molecule has 1 aromatic carbocycles. The molecule has 0 unspecified atom stereocenters. The van der Waals surface area contributed by atoms with Crippen LogP contribution in [0.2, 0.25) is 0 Å². The molecule has 1 aliphatic rings. The Morgan fingerprint density at radius 1 is 1.42 bits per heavy atom. The first kappa shape index (κ1) is 13.6. The Kier molecular flexibility index (Phi) is 3.90. The molecule has 0 fully saturated rings. The summed E-state index contributed by atoms with van der Waals surface area (Å²) >= 11 is 0. The summed E-state index contributed by atoms with van der Waals surface area (Å²) in [5.74, 6) is 0.552. The van der Waals surface area contributed by atoms with Crippen molar-refractivity contribution in [2.24, 2.45) is 5.92 Å². The van der Waals surface area contributed by atoms with E-state index in [1.54, 1.807) is 0 Å². The van der Waals surface area contributed by atoms with Crippen LogP contribution in [0.25, 0.3) is 5.70 Å². The van der Waals surface area contributed by atoms with Crippen LogP contribution in [-0.4, -0.2) is 22.9 Å². The van der Waals surface area contributed by atoms with Crippen molar-refractivity contribution in [2.75, 3.05) is 6.61 Å². The number of hydrogen-bond donors (Lipinski definition) is 3. The van der Waals surface area contributed by atoms with Gasteiger partial charge in [0.15, 0.2) is 0 Å². The third-order valence-corrected chi connectivity index (χ3v) is 3.27. The number of benzene rings is 1. The molecular weight excluding hydrogens is 242 g/mol. The summed E-state index contributed by atoms with van der Waals surface area (Å²) < 4.78 is 0. The minimum atomic E-state index is -1.09. The highest BCUT2D eigenvalue weighted by Crippen LogP contribution is 2.32. The third kappa shape index (κ3) is 2.96. The fourth-order valence-corrected chi connectivity index (χ4v) is 2.52. The Hall–Kier alpha value is -1.81. The molecule has 0 aromatic heterocycles. The van der Waals surface area contributed by atoms with E-state index in [0.717, 1.165) is 23.1 Å². The quantitative estimate of drug-likeness (QED) is 0.779. The van der Waals surface area contributed by atoms with Gasteiger partial charge in [-0.15, -0.1) is 0 Å². The van der Waals surface area contributed by atoms with Gasteiger partial charge in [-0.3, -0.25) is 5.32 Å². The number of aliphatic hydroxyl groups excluding tert-OH is 1. The Labute approximate surface area is 112 Å². The van der Waals surface area contributed by atoms with Gasteiger partial charge in [-0.05, 0) is 41.5 Å².